The van der Waals surface area contributed by atoms with Crippen molar-refractivity contribution >= 4 is 5.82 Å². The summed E-state index contributed by atoms with van der Waals surface area (Å²) in [6.07, 6.45) is 0.985. The summed E-state index contributed by atoms with van der Waals surface area (Å²) in [7, 11) is 5.40. The van der Waals surface area contributed by atoms with E-state index in [1.807, 2.05) is 7.05 Å². The Hall–Kier alpha value is -1.17. The maximum Gasteiger partial charge on any atom is 0.128 e. The summed E-state index contributed by atoms with van der Waals surface area (Å²) in [4.78, 5) is 6.96. The molecule has 20 heavy (non-hydrogen) atoms. The van der Waals surface area contributed by atoms with Crippen molar-refractivity contribution < 1.29 is 9.47 Å². The normalized spacial score (nSPS) is 10.8. The lowest BCUT2D eigenvalue weighted by atomic mass is 10.2. The number of pyridine rings is 1. The average Bonchev–Trinajstić information content (AvgIpc) is 2.45. The molecular weight excluding hydrogens is 254 g/mol. The highest BCUT2D eigenvalue weighted by Gasteiger charge is 2.09. The summed E-state index contributed by atoms with van der Waals surface area (Å²) in [6.45, 7) is 6.14. The van der Waals surface area contributed by atoms with Crippen molar-refractivity contribution in [1.82, 2.24) is 10.3 Å². The quantitative estimate of drug-likeness (QED) is 0.660. The van der Waals surface area contributed by atoms with Gasteiger partial charge in [-0.3, -0.25) is 0 Å². The van der Waals surface area contributed by atoms with Crippen molar-refractivity contribution in [1.29, 1.82) is 0 Å². The van der Waals surface area contributed by atoms with E-state index >= 15 is 0 Å². The Morgan fingerprint density at radius 2 is 1.90 bits per heavy atom. The van der Waals surface area contributed by atoms with Crippen LogP contribution in [0.4, 0.5) is 5.82 Å². The zero-order valence-corrected chi connectivity index (χ0v) is 13.1. The van der Waals surface area contributed by atoms with Crippen molar-refractivity contribution in [2.24, 2.45) is 0 Å². The first kappa shape index (κ1) is 16.9. The second-order valence-electron chi connectivity index (χ2n) is 4.77. The Morgan fingerprint density at radius 1 is 1.15 bits per heavy atom. The smallest absolute Gasteiger partial charge is 0.128 e. The summed E-state index contributed by atoms with van der Waals surface area (Å²) in [5, 5.41) is 3.16. The summed E-state index contributed by atoms with van der Waals surface area (Å²) in [5.41, 5.74) is 2.31. The highest BCUT2D eigenvalue weighted by molar-refractivity contribution is 5.41. The van der Waals surface area contributed by atoms with Gasteiger partial charge < -0.3 is 19.7 Å². The Kier molecular flexibility index (Phi) is 8.18. The molecule has 5 nitrogen and oxygen atoms in total. The van der Waals surface area contributed by atoms with Crippen LogP contribution in [0.5, 0.6) is 0 Å². The van der Waals surface area contributed by atoms with Gasteiger partial charge in [0.25, 0.3) is 0 Å². The minimum atomic E-state index is 0.700. The number of nitrogens with zero attached hydrogens (tertiary/aromatic N) is 2. The monoisotopic (exact) mass is 281 g/mol. The first-order valence-corrected chi connectivity index (χ1v) is 7.06. The minimum Gasteiger partial charge on any atom is -0.385 e. The van der Waals surface area contributed by atoms with Crippen LogP contribution in [0, 0.1) is 6.92 Å². The lowest BCUT2D eigenvalue weighted by molar-refractivity contribution is 0.191. The number of hydrogen-bond acceptors (Lipinski definition) is 5. The minimum absolute atomic E-state index is 0.700. The van der Waals surface area contributed by atoms with Gasteiger partial charge in [0, 0.05) is 46.2 Å². The molecule has 0 saturated heterocycles. The maximum absolute atomic E-state index is 5.18. The predicted molar refractivity (Wildman–Crippen MR) is 82.3 cm³/mol. The van der Waals surface area contributed by atoms with E-state index in [0.717, 1.165) is 44.2 Å². The standard InChI is InChI=1S/C15H27N3O2/c1-13-14(12-16-2)6-7-15(17-13)18(9-11-20-4)8-5-10-19-3/h6-7,16H,5,8-12H2,1-4H3. The molecule has 0 fully saturated rings. The van der Waals surface area contributed by atoms with E-state index < -0.39 is 0 Å². The molecule has 0 atom stereocenters. The Morgan fingerprint density at radius 3 is 2.50 bits per heavy atom. The molecule has 1 aromatic heterocycles. The number of ether oxygens (including phenoxy) is 2. The van der Waals surface area contributed by atoms with Gasteiger partial charge in [-0.15, -0.1) is 0 Å². The van der Waals surface area contributed by atoms with Gasteiger partial charge in [0.05, 0.1) is 6.61 Å². The number of methoxy groups -OCH3 is 2. The van der Waals surface area contributed by atoms with Crippen LogP contribution in [0.15, 0.2) is 12.1 Å². The fourth-order valence-electron chi connectivity index (χ4n) is 2.07. The van der Waals surface area contributed by atoms with E-state index in [4.69, 9.17) is 14.5 Å². The van der Waals surface area contributed by atoms with Crippen molar-refractivity contribution in [3.8, 4) is 0 Å². The van der Waals surface area contributed by atoms with E-state index in [1.165, 1.54) is 5.56 Å². The molecule has 0 aromatic carbocycles. The second kappa shape index (κ2) is 9.69. The summed E-state index contributed by atoms with van der Waals surface area (Å²) < 4.78 is 10.3. The van der Waals surface area contributed by atoms with Gasteiger partial charge in [-0.05, 0) is 32.0 Å². The van der Waals surface area contributed by atoms with Crippen molar-refractivity contribution in [3.63, 3.8) is 0 Å². The average molecular weight is 281 g/mol. The molecular formula is C15H27N3O2. The molecule has 0 aliphatic heterocycles. The van der Waals surface area contributed by atoms with Crippen molar-refractivity contribution in [3.05, 3.63) is 23.4 Å². The number of nitrogens with one attached hydrogen (secondary N) is 1. The first-order valence-electron chi connectivity index (χ1n) is 7.06. The van der Waals surface area contributed by atoms with E-state index in [9.17, 15) is 0 Å². The van der Waals surface area contributed by atoms with E-state index in [-0.39, 0.29) is 0 Å². The SMILES string of the molecule is CNCc1ccc(N(CCCOC)CCOC)nc1C. The number of hydrogen-bond donors (Lipinski definition) is 1. The second-order valence-corrected chi connectivity index (χ2v) is 4.77. The molecule has 0 amide bonds. The van der Waals surface area contributed by atoms with Gasteiger partial charge in [-0.25, -0.2) is 4.98 Å². The molecule has 0 bridgehead atoms. The van der Waals surface area contributed by atoms with Gasteiger partial charge in [-0.1, -0.05) is 6.07 Å². The molecule has 1 N–H and O–H groups in total. The summed E-state index contributed by atoms with van der Waals surface area (Å²) >= 11 is 0. The molecule has 114 valence electrons. The third-order valence-electron chi connectivity index (χ3n) is 3.21. The maximum atomic E-state index is 5.18. The largest absolute Gasteiger partial charge is 0.385 e. The van der Waals surface area contributed by atoms with Crippen molar-refractivity contribution in [2.45, 2.75) is 19.9 Å². The third-order valence-corrected chi connectivity index (χ3v) is 3.21. The lowest BCUT2D eigenvalue weighted by Gasteiger charge is -2.24. The molecule has 5 heteroatoms. The van der Waals surface area contributed by atoms with Crippen LogP contribution in [0.3, 0.4) is 0 Å². The van der Waals surface area contributed by atoms with E-state index in [0.29, 0.717) is 6.61 Å². The number of rotatable bonds is 10. The molecule has 0 radical (unpaired) electrons. The van der Waals surface area contributed by atoms with Crippen LogP contribution in [0.25, 0.3) is 0 Å². The molecule has 0 saturated carbocycles. The molecule has 1 rings (SSSR count). The van der Waals surface area contributed by atoms with Crippen LogP contribution in [0.1, 0.15) is 17.7 Å². The number of aryl methyl sites for hydroxylation is 1. The van der Waals surface area contributed by atoms with Crippen LogP contribution in [-0.4, -0.2) is 52.6 Å². The van der Waals surface area contributed by atoms with E-state index in [1.54, 1.807) is 14.2 Å². The van der Waals surface area contributed by atoms with Crippen LogP contribution in [-0.2, 0) is 16.0 Å². The molecule has 1 aromatic rings. The molecule has 0 aliphatic carbocycles. The fraction of sp³-hybridized carbons (Fsp3) is 0.667. The zero-order valence-electron chi connectivity index (χ0n) is 13.1. The summed E-state index contributed by atoms with van der Waals surface area (Å²) in [6, 6.07) is 4.23. The highest BCUT2D eigenvalue weighted by Crippen LogP contribution is 2.15. The van der Waals surface area contributed by atoms with Crippen LogP contribution >= 0.6 is 0 Å². The van der Waals surface area contributed by atoms with Gasteiger partial charge in [0.15, 0.2) is 0 Å². The topological polar surface area (TPSA) is 46.6 Å². The van der Waals surface area contributed by atoms with Crippen molar-refractivity contribution in [2.75, 3.05) is 52.5 Å². The molecule has 0 aliphatic rings. The number of anilines is 1. The van der Waals surface area contributed by atoms with Crippen LogP contribution in [0.2, 0.25) is 0 Å². The summed E-state index contributed by atoms with van der Waals surface area (Å²) in [5.74, 6) is 1.01. The molecule has 1 heterocycles. The first-order chi connectivity index (χ1) is 9.72. The van der Waals surface area contributed by atoms with Crippen LogP contribution < -0.4 is 10.2 Å². The zero-order chi connectivity index (χ0) is 14.8. The molecule has 0 spiro atoms. The van der Waals surface area contributed by atoms with Gasteiger partial charge in [-0.2, -0.15) is 0 Å². The Bertz CT molecular complexity index is 385. The third kappa shape index (κ3) is 5.45. The lowest BCUT2D eigenvalue weighted by Crippen LogP contribution is -2.30. The molecule has 0 unspecified atom stereocenters. The van der Waals surface area contributed by atoms with E-state index in [2.05, 4.69) is 29.3 Å². The van der Waals surface area contributed by atoms with Gasteiger partial charge in [0.2, 0.25) is 0 Å². The fourth-order valence-corrected chi connectivity index (χ4v) is 2.07. The Labute approximate surface area is 122 Å². The highest BCUT2D eigenvalue weighted by atomic mass is 16.5. The number of aromatic nitrogens is 1. The Balaban J connectivity index is 2.75. The predicted octanol–water partition coefficient (Wildman–Crippen LogP) is 1.60. The van der Waals surface area contributed by atoms with Gasteiger partial charge >= 0.3 is 0 Å². The van der Waals surface area contributed by atoms with Gasteiger partial charge in [0.1, 0.15) is 5.82 Å².